The van der Waals surface area contributed by atoms with E-state index >= 15 is 0 Å². The van der Waals surface area contributed by atoms with Crippen LogP contribution >= 0.6 is 0 Å². The van der Waals surface area contributed by atoms with E-state index in [1.165, 1.54) is 12.3 Å². The fraction of sp³-hybridized carbons (Fsp3) is 0.316. The molecule has 2 aromatic rings. The van der Waals surface area contributed by atoms with Crippen LogP contribution in [0.3, 0.4) is 0 Å². The molecule has 0 bridgehead atoms. The molecule has 0 spiro atoms. The molecular weight excluding hydrogens is 352 g/mol. The van der Waals surface area contributed by atoms with Crippen molar-refractivity contribution >= 4 is 12.2 Å². The van der Waals surface area contributed by atoms with Crippen molar-refractivity contribution in [2.24, 2.45) is 0 Å². The fourth-order valence-corrected chi connectivity index (χ4v) is 2.94. The number of hydrogen-bond donors (Lipinski definition) is 2. The normalized spacial score (nSPS) is 16.8. The first kappa shape index (κ1) is 18.8. The number of morpholine rings is 1. The minimum Gasteiger partial charge on any atom is -0.507 e. The Labute approximate surface area is 156 Å². The van der Waals surface area contributed by atoms with Gasteiger partial charge in [0.2, 0.25) is 0 Å². The van der Waals surface area contributed by atoms with Crippen molar-refractivity contribution in [3.05, 3.63) is 53.3 Å². The van der Waals surface area contributed by atoms with Gasteiger partial charge in [-0.1, -0.05) is 6.07 Å². The molecule has 1 aromatic heterocycles. The Hall–Kier alpha value is -2.97. The summed E-state index contributed by atoms with van der Waals surface area (Å²) in [6, 6.07) is 7.41. The topological polar surface area (TPSA) is 109 Å². The lowest BCUT2D eigenvalue weighted by atomic mass is 10.1. The Morgan fingerprint density at radius 2 is 2.22 bits per heavy atom. The molecule has 3 rings (SSSR count). The molecule has 1 fully saturated rings. The number of amides is 1. The van der Waals surface area contributed by atoms with Gasteiger partial charge in [0.1, 0.15) is 18.1 Å². The molecule has 2 N–H and O–H groups in total. The number of carbonyl (C=O) groups excluding carboxylic acids is 2. The van der Waals surface area contributed by atoms with Crippen LogP contribution in [0, 0.1) is 0 Å². The Bertz CT molecular complexity index is 826. The summed E-state index contributed by atoms with van der Waals surface area (Å²) in [6.07, 6.45) is 2.04. The van der Waals surface area contributed by atoms with Gasteiger partial charge in [-0.05, 0) is 24.3 Å². The van der Waals surface area contributed by atoms with Crippen molar-refractivity contribution in [2.75, 3.05) is 26.4 Å². The highest BCUT2D eigenvalue weighted by Gasteiger charge is 2.30. The maximum atomic E-state index is 12.9. The van der Waals surface area contributed by atoms with Crippen LogP contribution in [0.25, 0.3) is 0 Å². The van der Waals surface area contributed by atoms with Gasteiger partial charge in [-0.3, -0.25) is 14.6 Å². The zero-order valence-corrected chi connectivity index (χ0v) is 14.6. The van der Waals surface area contributed by atoms with Crippen molar-refractivity contribution in [3.8, 4) is 11.5 Å². The number of pyridine rings is 1. The highest BCUT2D eigenvalue weighted by Crippen LogP contribution is 2.26. The summed E-state index contributed by atoms with van der Waals surface area (Å²) >= 11 is 0. The number of aromatic nitrogens is 1. The van der Waals surface area contributed by atoms with E-state index in [4.69, 9.17) is 9.47 Å². The number of aliphatic hydroxyl groups excluding tert-OH is 1. The number of benzene rings is 1. The van der Waals surface area contributed by atoms with Gasteiger partial charge in [0.25, 0.3) is 5.91 Å². The lowest BCUT2D eigenvalue weighted by Gasteiger charge is -2.35. The third kappa shape index (κ3) is 4.07. The zero-order chi connectivity index (χ0) is 19.2. The predicted molar refractivity (Wildman–Crippen MR) is 94.8 cm³/mol. The van der Waals surface area contributed by atoms with Crippen molar-refractivity contribution in [1.82, 2.24) is 9.88 Å². The number of rotatable bonds is 6. The average molecular weight is 372 g/mol. The van der Waals surface area contributed by atoms with E-state index in [1.54, 1.807) is 29.2 Å². The van der Waals surface area contributed by atoms with Crippen LogP contribution < -0.4 is 4.74 Å². The summed E-state index contributed by atoms with van der Waals surface area (Å²) in [5, 5.41) is 19.2. The number of aromatic hydroxyl groups is 1. The first-order valence-electron chi connectivity index (χ1n) is 8.49. The minimum atomic E-state index is -0.389. The predicted octanol–water partition coefficient (Wildman–Crippen LogP) is 1.01. The average Bonchev–Trinajstić information content (AvgIpc) is 2.72. The number of hydrogen-bond acceptors (Lipinski definition) is 7. The van der Waals surface area contributed by atoms with Crippen molar-refractivity contribution in [3.63, 3.8) is 0 Å². The van der Waals surface area contributed by atoms with E-state index < -0.39 is 0 Å². The van der Waals surface area contributed by atoms with E-state index in [2.05, 4.69) is 4.98 Å². The molecule has 0 unspecified atom stereocenters. The Morgan fingerprint density at radius 3 is 3.00 bits per heavy atom. The molecule has 2 heterocycles. The number of aliphatic hydroxyl groups is 1. The first-order chi connectivity index (χ1) is 13.2. The number of carbonyl (C=O) groups is 2. The van der Waals surface area contributed by atoms with Crippen molar-refractivity contribution in [1.29, 1.82) is 0 Å². The van der Waals surface area contributed by atoms with Crippen LogP contribution in [0.5, 0.6) is 11.5 Å². The van der Waals surface area contributed by atoms with E-state index in [0.29, 0.717) is 30.7 Å². The molecule has 0 aliphatic carbocycles. The quantitative estimate of drug-likeness (QED) is 0.729. The van der Waals surface area contributed by atoms with Crippen molar-refractivity contribution < 1.29 is 29.3 Å². The molecule has 1 aliphatic rings. The number of ether oxygens (including phenoxy) is 2. The number of phenolic OH excluding ortho intramolecular Hbond substituents is 1. The fourth-order valence-electron chi connectivity index (χ4n) is 2.94. The summed E-state index contributed by atoms with van der Waals surface area (Å²) in [4.78, 5) is 29.8. The lowest BCUT2D eigenvalue weighted by Crippen LogP contribution is -2.51. The summed E-state index contributed by atoms with van der Waals surface area (Å²) in [5.74, 6) is -0.200. The van der Waals surface area contributed by atoms with Crippen LogP contribution in [-0.4, -0.2) is 64.7 Å². The van der Waals surface area contributed by atoms with E-state index in [0.717, 1.165) is 0 Å². The van der Waals surface area contributed by atoms with Crippen LogP contribution in [0.1, 0.15) is 26.4 Å². The molecule has 142 valence electrons. The second-order valence-electron chi connectivity index (χ2n) is 6.00. The highest BCUT2D eigenvalue weighted by molar-refractivity contribution is 5.95. The third-order valence-corrected chi connectivity index (χ3v) is 4.35. The molecule has 0 radical (unpaired) electrons. The van der Waals surface area contributed by atoms with Gasteiger partial charge in [0.15, 0.2) is 6.29 Å². The summed E-state index contributed by atoms with van der Waals surface area (Å²) in [5.41, 5.74) is 0.699. The minimum absolute atomic E-state index is 0.0573. The van der Waals surface area contributed by atoms with E-state index in [-0.39, 0.29) is 48.8 Å². The van der Waals surface area contributed by atoms with E-state index in [1.807, 2.05) is 0 Å². The second kappa shape index (κ2) is 8.61. The van der Waals surface area contributed by atoms with Crippen LogP contribution in [0.4, 0.5) is 0 Å². The summed E-state index contributed by atoms with van der Waals surface area (Å²) in [7, 11) is 0. The van der Waals surface area contributed by atoms with Crippen LogP contribution in [0.2, 0.25) is 0 Å². The molecule has 1 saturated heterocycles. The van der Waals surface area contributed by atoms with Crippen LogP contribution in [0.15, 0.2) is 36.5 Å². The monoisotopic (exact) mass is 372 g/mol. The van der Waals surface area contributed by atoms with Gasteiger partial charge in [-0.2, -0.15) is 0 Å². The zero-order valence-electron chi connectivity index (χ0n) is 14.6. The molecule has 8 heteroatoms. The molecular formula is C19H20N2O6. The van der Waals surface area contributed by atoms with Crippen molar-refractivity contribution in [2.45, 2.75) is 12.6 Å². The third-order valence-electron chi connectivity index (χ3n) is 4.35. The van der Waals surface area contributed by atoms with Gasteiger partial charge in [-0.25, -0.2) is 0 Å². The second-order valence-corrected chi connectivity index (χ2v) is 6.00. The highest BCUT2D eigenvalue weighted by atomic mass is 16.5. The first-order valence-corrected chi connectivity index (χ1v) is 8.49. The van der Waals surface area contributed by atoms with Gasteiger partial charge in [0, 0.05) is 12.7 Å². The number of phenols is 1. The standard InChI is InChI=1S/C19H20N2O6/c22-9-15-17(24)4-1-5-18(15)27-12-13-11-26-8-7-21(13)19(25)14-3-2-6-20-16(14)10-23/h1-6,9,13,23-24H,7-8,10-12H2/t13-/m0/s1. The Morgan fingerprint density at radius 1 is 1.37 bits per heavy atom. The SMILES string of the molecule is O=Cc1c(O)cccc1OC[C@@H]1COCCN1C(=O)c1cccnc1CO. The molecule has 8 nitrogen and oxygen atoms in total. The van der Waals surface area contributed by atoms with Gasteiger partial charge < -0.3 is 24.6 Å². The molecule has 1 amide bonds. The summed E-state index contributed by atoms with van der Waals surface area (Å²) in [6.45, 7) is 0.787. The maximum Gasteiger partial charge on any atom is 0.256 e. The smallest absolute Gasteiger partial charge is 0.256 e. The Balaban J connectivity index is 1.77. The number of nitrogens with zero attached hydrogens (tertiary/aromatic N) is 2. The Kier molecular flexibility index (Phi) is 6.00. The lowest BCUT2D eigenvalue weighted by molar-refractivity contribution is -0.0152. The molecule has 27 heavy (non-hydrogen) atoms. The maximum absolute atomic E-state index is 12.9. The largest absolute Gasteiger partial charge is 0.507 e. The van der Waals surface area contributed by atoms with Crippen LogP contribution in [-0.2, 0) is 11.3 Å². The van der Waals surface area contributed by atoms with Gasteiger partial charge in [-0.15, -0.1) is 0 Å². The number of aldehydes is 1. The van der Waals surface area contributed by atoms with Gasteiger partial charge >= 0.3 is 0 Å². The molecule has 0 saturated carbocycles. The molecule has 1 atom stereocenters. The van der Waals surface area contributed by atoms with Gasteiger partial charge in [0.05, 0.1) is 42.7 Å². The van der Waals surface area contributed by atoms with E-state index in [9.17, 15) is 19.8 Å². The summed E-state index contributed by atoms with van der Waals surface area (Å²) < 4.78 is 11.2. The molecule has 1 aliphatic heterocycles. The molecule has 1 aromatic carbocycles.